The lowest BCUT2D eigenvalue weighted by atomic mass is 10.0. The molecule has 0 saturated heterocycles. The maximum absolute atomic E-state index is 5.47. The molecule has 0 amide bonds. The van der Waals surface area contributed by atoms with Crippen LogP contribution >= 0.6 is 23.3 Å². The molecule has 0 aliphatic rings. The average molecular weight is 373 g/mol. The molecule has 0 bridgehead atoms. The summed E-state index contributed by atoms with van der Waals surface area (Å²) in [4.78, 5) is 2.30. The number of thioether (sulfide) groups is 1. The number of nitrogens with zero attached hydrogens (tertiary/aromatic N) is 1. The van der Waals surface area contributed by atoms with E-state index in [4.69, 9.17) is 14.2 Å². The lowest BCUT2D eigenvalue weighted by Gasteiger charge is -2.14. The minimum absolute atomic E-state index is 0.587. The zero-order chi connectivity index (χ0) is 17.8. The van der Waals surface area contributed by atoms with Crippen LogP contribution in [0.3, 0.4) is 0 Å². The molecule has 0 aliphatic heterocycles. The Labute approximate surface area is 155 Å². The summed E-state index contributed by atoms with van der Waals surface area (Å²) in [6.07, 6.45) is 3.97. The highest BCUT2D eigenvalue weighted by atomic mass is 32.2. The Kier molecular flexibility index (Phi) is 5.50. The quantitative estimate of drug-likeness (QED) is 0.554. The van der Waals surface area contributed by atoms with Gasteiger partial charge in [0, 0.05) is 22.2 Å². The molecule has 3 aromatic rings. The summed E-state index contributed by atoms with van der Waals surface area (Å²) in [6, 6.07) is 12.4. The maximum atomic E-state index is 5.47. The SMILES string of the molecule is COc1cc(-c2sncc2-c2ccc(SC)cc2)cc(OC)c1OC. The second kappa shape index (κ2) is 7.80. The van der Waals surface area contributed by atoms with Gasteiger partial charge in [0.05, 0.1) is 26.2 Å². The summed E-state index contributed by atoms with van der Waals surface area (Å²) in [7, 11) is 4.84. The molecular weight excluding hydrogens is 354 g/mol. The van der Waals surface area contributed by atoms with Crippen molar-refractivity contribution in [1.29, 1.82) is 0 Å². The van der Waals surface area contributed by atoms with Crippen molar-refractivity contribution in [3.05, 3.63) is 42.6 Å². The fraction of sp³-hybridized carbons (Fsp3) is 0.211. The van der Waals surface area contributed by atoms with Gasteiger partial charge in [-0.3, -0.25) is 0 Å². The molecule has 0 saturated carbocycles. The summed E-state index contributed by atoms with van der Waals surface area (Å²) in [5, 5.41) is 0. The number of hydrogen-bond donors (Lipinski definition) is 0. The van der Waals surface area contributed by atoms with E-state index in [1.54, 1.807) is 33.1 Å². The minimum Gasteiger partial charge on any atom is -0.493 e. The van der Waals surface area contributed by atoms with Crippen molar-refractivity contribution in [2.75, 3.05) is 27.6 Å². The molecule has 2 aromatic carbocycles. The second-order valence-corrected chi connectivity index (χ2v) is 6.89. The number of ether oxygens (including phenoxy) is 3. The van der Waals surface area contributed by atoms with Crippen LogP contribution in [0, 0.1) is 0 Å². The highest BCUT2D eigenvalue weighted by molar-refractivity contribution is 7.98. The van der Waals surface area contributed by atoms with Gasteiger partial charge in [0.25, 0.3) is 0 Å². The summed E-state index contributed by atoms with van der Waals surface area (Å²) >= 11 is 3.18. The van der Waals surface area contributed by atoms with E-state index in [1.807, 2.05) is 18.3 Å². The summed E-state index contributed by atoms with van der Waals surface area (Å²) in [5.41, 5.74) is 3.21. The average Bonchev–Trinajstić information content (AvgIpc) is 3.16. The van der Waals surface area contributed by atoms with E-state index in [0.717, 1.165) is 21.6 Å². The molecule has 0 unspecified atom stereocenters. The van der Waals surface area contributed by atoms with E-state index in [0.29, 0.717) is 17.2 Å². The Morgan fingerprint density at radius 1 is 0.880 bits per heavy atom. The van der Waals surface area contributed by atoms with Gasteiger partial charge < -0.3 is 14.2 Å². The summed E-state index contributed by atoms with van der Waals surface area (Å²) in [6.45, 7) is 0. The van der Waals surface area contributed by atoms with Crippen LogP contribution in [-0.4, -0.2) is 32.0 Å². The van der Waals surface area contributed by atoms with Crippen molar-refractivity contribution in [3.63, 3.8) is 0 Å². The van der Waals surface area contributed by atoms with Crippen LogP contribution in [0.2, 0.25) is 0 Å². The predicted molar refractivity (Wildman–Crippen MR) is 104 cm³/mol. The van der Waals surface area contributed by atoms with Gasteiger partial charge in [0.15, 0.2) is 11.5 Å². The second-order valence-electron chi connectivity index (χ2n) is 5.21. The Hall–Kier alpha value is -2.18. The first-order valence-corrected chi connectivity index (χ1v) is 9.61. The third-order valence-electron chi connectivity index (χ3n) is 3.90. The molecule has 130 valence electrons. The minimum atomic E-state index is 0.587. The third kappa shape index (κ3) is 3.45. The van der Waals surface area contributed by atoms with E-state index in [9.17, 15) is 0 Å². The Balaban J connectivity index is 2.10. The van der Waals surface area contributed by atoms with Gasteiger partial charge >= 0.3 is 0 Å². The fourth-order valence-electron chi connectivity index (χ4n) is 2.64. The molecule has 1 aromatic heterocycles. The molecular formula is C19H19NO3S2. The first-order valence-electron chi connectivity index (χ1n) is 7.61. The van der Waals surface area contributed by atoms with Gasteiger partial charge in [-0.05, 0) is 47.6 Å². The lowest BCUT2D eigenvalue weighted by molar-refractivity contribution is 0.324. The predicted octanol–water partition coefficient (Wildman–Crippen LogP) is 5.22. The fourth-order valence-corrected chi connectivity index (χ4v) is 3.80. The van der Waals surface area contributed by atoms with Crippen LogP contribution in [0.25, 0.3) is 21.6 Å². The first kappa shape index (κ1) is 17.6. The lowest BCUT2D eigenvalue weighted by Crippen LogP contribution is -1.95. The number of benzene rings is 2. The van der Waals surface area contributed by atoms with Crippen molar-refractivity contribution in [2.24, 2.45) is 0 Å². The zero-order valence-corrected chi connectivity index (χ0v) is 16.2. The van der Waals surface area contributed by atoms with Crippen molar-refractivity contribution in [1.82, 2.24) is 4.37 Å². The summed E-state index contributed by atoms with van der Waals surface area (Å²) in [5.74, 6) is 1.85. The molecule has 4 nitrogen and oxygen atoms in total. The van der Waals surface area contributed by atoms with Crippen LogP contribution < -0.4 is 14.2 Å². The molecule has 0 spiro atoms. The highest BCUT2D eigenvalue weighted by Crippen LogP contribution is 2.44. The van der Waals surface area contributed by atoms with Crippen molar-refractivity contribution >= 4 is 23.3 Å². The molecule has 0 N–H and O–H groups in total. The number of rotatable bonds is 6. The molecule has 25 heavy (non-hydrogen) atoms. The van der Waals surface area contributed by atoms with E-state index in [-0.39, 0.29) is 0 Å². The molecule has 0 aliphatic carbocycles. The van der Waals surface area contributed by atoms with E-state index in [1.165, 1.54) is 16.4 Å². The van der Waals surface area contributed by atoms with Gasteiger partial charge in [-0.25, -0.2) is 0 Å². The normalized spacial score (nSPS) is 10.6. The molecule has 1 heterocycles. The van der Waals surface area contributed by atoms with E-state index >= 15 is 0 Å². The van der Waals surface area contributed by atoms with Crippen LogP contribution in [0.1, 0.15) is 0 Å². The number of hydrogen-bond acceptors (Lipinski definition) is 6. The maximum Gasteiger partial charge on any atom is 0.203 e. The molecule has 6 heteroatoms. The van der Waals surface area contributed by atoms with Crippen molar-refractivity contribution in [3.8, 4) is 38.8 Å². The molecule has 0 fully saturated rings. The van der Waals surface area contributed by atoms with Gasteiger partial charge in [-0.1, -0.05) is 12.1 Å². The zero-order valence-electron chi connectivity index (χ0n) is 14.5. The van der Waals surface area contributed by atoms with Crippen LogP contribution in [0.4, 0.5) is 0 Å². The van der Waals surface area contributed by atoms with Crippen LogP contribution in [-0.2, 0) is 0 Å². The Morgan fingerprint density at radius 2 is 1.52 bits per heavy atom. The van der Waals surface area contributed by atoms with Gasteiger partial charge in [0.2, 0.25) is 5.75 Å². The summed E-state index contributed by atoms with van der Waals surface area (Å²) < 4.78 is 20.7. The van der Waals surface area contributed by atoms with E-state index < -0.39 is 0 Å². The number of aromatic nitrogens is 1. The monoisotopic (exact) mass is 373 g/mol. The molecule has 3 rings (SSSR count). The van der Waals surface area contributed by atoms with E-state index in [2.05, 4.69) is 34.9 Å². The Morgan fingerprint density at radius 3 is 2.04 bits per heavy atom. The Bertz CT molecular complexity index is 834. The van der Waals surface area contributed by atoms with Gasteiger partial charge in [-0.2, -0.15) is 4.37 Å². The largest absolute Gasteiger partial charge is 0.493 e. The first-order chi connectivity index (χ1) is 12.2. The van der Waals surface area contributed by atoms with Gasteiger partial charge in [-0.15, -0.1) is 11.8 Å². The van der Waals surface area contributed by atoms with Crippen molar-refractivity contribution < 1.29 is 14.2 Å². The third-order valence-corrected chi connectivity index (χ3v) is 5.49. The number of methoxy groups -OCH3 is 3. The van der Waals surface area contributed by atoms with Crippen molar-refractivity contribution in [2.45, 2.75) is 4.90 Å². The molecule has 0 radical (unpaired) electrons. The van der Waals surface area contributed by atoms with Crippen LogP contribution in [0.15, 0.2) is 47.5 Å². The standard InChI is InChI=1S/C19H19NO3S2/c1-21-16-9-13(10-17(22-2)18(16)23-3)19-15(11-20-25-19)12-5-7-14(24-4)8-6-12/h5-11H,1-4H3. The highest BCUT2D eigenvalue weighted by Gasteiger charge is 2.17. The molecule has 0 atom stereocenters. The van der Waals surface area contributed by atoms with Crippen LogP contribution in [0.5, 0.6) is 17.2 Å². The smallest absolute Gasteiger partial charge is 0.203 e. The topological polar surface area (TPSA) is 40.6 Å². The van der Waals surface area contributed by atoms with Gasteiger partial charge in [0.1, 0.15) is 0 Å².